The molecule has 0 radical (unpaired) electrons. The lowest BCUT2D eigenvalue weighted by Crippen LogP contribution is -2.34. The predicted octanol–water partition coefficient (Wildman–Crippen LogP) is 3.02. The molecule has 0 N–H and O–H groups in total. The SMILES string of the molecule is CCn1cc2c(n1)C(COCC1CC1)CN(Cc1ccoc1)C2. The molecule has 1 saturated carbocycles. The Morgan fingerprint density at radius 1 is 1.35 bits per heavy atom. The van der Waals surface area contributed by atoms with Crippen LogP contribution in [-0.2, 0) is 24.4 Å². The lowest BCUT2D eigenvalue weighted by Gasteiger charge is -2.31. The molecule has 23 heavy (non-hydrogen) atoms. The minimum absolute atomic E-state index is 0.372. The summed E-state index contributed by atoms with van der Waals surface area (Å²) >= 11 is 0. The Hall–Kier alpha value is -1.59. The molecule has 2 aromatic rings. The molecule has 0 saturated heterocycles. The average molecular weight is 315 g/mol. The Bertz CT molecular complexity index is 631. The summed E-state index contributed by atoms with van der Waals surface area (Å²) in [5.74, 6) is 1.19. The molecule has 124 valence electrons. The highest BCUT2D eigenvalue weighted by Crippen LogP contribution is 2.31. The van der Waals surface area contributed by atoms with Crippen LogP contribution in [0.2, 0.25) is 0 Å². The quantitative estimate of drug-likeness (QED) is 0.788. The maximum absolute atomic E-state index is 5.99. The summed E-state index contributed by atoms with van der Waals surface area (Å²) in [7, 11) is 0. The largest absolute Gasteiger partial charge is 0.472 e. The maximum Gasteiger partial charge on any atom is 0.0947 e. The molecular weight excluding hydrogens is 290 g/mol. The van der Waals surface area contributed by atoms with E-state index < -0.39 is 0 Å². The fourth-order valence-corrected chi connectivity index (χ4v) is 3.36. The van der Waals surface area contributed by atoms with Gasteiger partial charge >= 0.3 is 0 Å². The Labute approximate surface area is 137 Å². The van der Waals surface area contributed by atoms with E-state index >= 15 is 0 Å². The van der Waals surface area contributed by atoms with Gasteiger partial charge < -0.3 is 9.15 Å². The van der Waals surface area contributed by atoms with Gasteiger partial charge in [0.25, 0.3) is 0 Å². The van der Waals surface area contributed by atoms with Crippen LogP contribution in [0.4, 0.5) is 0 Å². The van der Waals surface area contributed by atoms with Crippen molar-refractivity contribution in [3.63, 3.8) is 0 Å². The summed E-state index contributed by atoms with van der Waals surface area (Å²) in [5.41, 5.74) is 3.82. The lowest BCUT2D eigenvalue weighted by atomic mass is 9.97. The topological polar surface area (TPSA) is 43.4 Å². The number of hydrogen-bond donors (Lipinski definition) is 0. The first kappa shape index (κ1) is 15.0. The Morgan fingerprint density at radius 2 is 2.26 bits per heavy atom. The van der Waals surface area contributed by atoms with Crippen molar-refractivity contribution in [3.8, 4) is 0 Å². The summed E-state index contributed by atoms with van der Waals surface area (Å²) in [6, 6.07) is 2.05. The monoisotopic (exact) mass is 315 g/mol. The Kier molecular flexibility index (Phi) is 4.23. The van der Waals surface area contributed by atoms with Gasteiger partial charge in [0.1, 0.15) is 0 Å². The van der Waals surface area contributed by atoms with Gasteiger partial charge in [0, 0.05) is 56.0 Å². The van der Waals surface area contributed by atoms with Gasteiger partial charge in [-0.2, -0.15) is 5.10 Å². The van der Waals surface area contributed by atoms with Crippen LogP contribution in [0.25, 0.3) is 0 Å². The number of aryl methyl sites for hydroxylation is 1. The number of rotatable bonds is 7. The van der Waals surface area contributed by atoms with Crippen LogP contribution in [0.15, 0.2) is 29.2 Å². The number of nitrogens with zero attached hydrogens (tertiary/aromatic N) is 3. The molecule has 3 heterocycles. The first-order valence-corrected chi connectivity index (χ1v) is 8.69. The molecular formula is C18H25N3O2. The standard InChI is InChI=1S/C18H25N3O2/c1-2-21-10-16-8-20(7-15-5-6-22-12-15)9-17(18(16)19-21)13-23-11-14-3-4-14/h5-6,10,12,14,17H,2-4,7-9,11,13H2,1H3. The molecule has 1 unspecified atom stereocenters. The van der Waals surface area contributed by atoms with Gasteiger partial charge in [-0.25, -0.2) is 0 Å². The summed E-state index contributed by atoms with van der Waals surface area (Å²) in [4.78, 5) is 2.47. The fourth-order valence-electron chi connectivity index (χ4n) is 3.36. The van der Waals surface area contributed by atoms with Crippen molar-refractivity contribution < 1.29 is 9.15 Å². The molecule has 1 fully saturated rings. The molecule has 5 heteroatoms. The van der Waals surface area contributed by atoms with Crippen LogP contribution >= 0.6 is 0 Å². The van der Waals surface area contributed by atoms with Crippen LogP contribution in [0, 0.1) is 5.92 Å². The van der Waals surface area contributed by atoms with Crippen molar-refractivity contribution in [1.82, 2.24) is 14.7 Å². The van der Waals surface area contributed by atoms with E-state index in [1.165, 1.54) is 29.7 Å². The second kappa shape index (κ2) is 6.49. The average Bonchev–Trinajstić information content (AvgIpc) is 3.06. The highest BCUT2D eigenvalue weighted by molar-refractivity contribution is 5.25. The second-order valence-corrected chi connectivity index (χ2v) is 6.87. The predicted molar refractivity (Wildman–Crippen MR) is 87.0 cm³/mol. The first-order valence-electron chi connectivity index (χ1n) is 8.69. The van der Waals surface area contributed by atoms with Crippen molar-refractivity contribution >= 4 is 0 Å². The van der Waals surface area contributed by atoms with Gasteiger partial charge in [0.15, 0.2) is 0 Å². The minimum atomic E-state index is 0.372. The molecule has 0 spiro atoms. The van der Waals surface area contributed by atoms with Gasteiger partial charge in [0.05, 0.1) is 24.8 Å². The number of aromatic nitrogens is 2. The van der Waals surface area contributed by atoms with Gasteiger partial charge in [-0.1, -0.05) is 0 Å². The van der Waals surface area contributed by atoms with Crippen LogP contribution in [0.3, 0.4) is 0 Å². The van der Waals surface area contributed by atoms with Gasteiger partial charge in [-0.15, -0.1) is 0 Å². The van der Waals surface area contributed by atoms with Crippen molar-refractivity contribution in [2.45, 2.75) is 45.3 Å². The number of furan rings is 1. The molecule has 2 aliphatic rings. The summed E-state index contributed by atoms with van der Waals surface area (Å²) in [6.45, 7) is 7.65. The minimum Gasteiger partial charge on any atom is -0.472 e. The number of ether oxygens (including phenoxy) is 1. The van der Waals surface area contributed by atoms with Crippen LogP contribution in [-0.4, -0.2) is 34.4 Å². The molecule has 1 aliphatic heterocycles. The van der Waals surface area contributed by atoms with E-state index in [1.807, 2.05) is 12.3 Å². The van der Waals surface area contributed by atoms with Crippen LogP contribution < -0.4 is 0 Å². The Morgan fingerprint density at radius 3 is 3.00 bits per heavy atom. The zero-order chi connectivity index (χ0) is 15.6. The maximum atomic E-state index is 5.99. The summed E-state index contributed by atoms with van der Waals surface area (Å²) < 4.78 is 13.2. The number of hydrogen-bond acceptors (Lipinski definition) is 4. The third-order valence-corrected chi connectivity index (χ3v) is 4.81. The van der Waals surface area contributed by atoms with Gasteiger partial charge in [-0.3, -0.25) is 9.58 Å². The molecule has 1 aliphatic carbocycles. The molecule has 4 rings (SSSR count). The van der Waals surface area contributed by atoms with E-state index in [-0.39, 0.29) is 0 Å². The first-order chi connectivity index (χ1) is 11.3. The molecule has 1 atom stereocenters. The Balaban J connectivity index is 1.46. The molecule has 0 bridgehead atoms. The van der Waals surface area contributed by atoms with Crippen molar-refractivity contribution in [1.29, 1.82) is 0 Å². The zero-order valence-corrected chi connectivity index (χ0v) is 13.8. The highest BCUT2D eigenvalue weighted by Gasteiger charge is 2.29. The van der Waals surface area contributed by atoms with Crippen LogP contribution in [0.1, 0.15) is 42.5 Å². The van der Waals surface area contributed by atoms with E-state index in [0.717, 1.165) is 45.3 Å². The van der Waals surface area contributed by atoms with Crippen molar-refractivity contribution in [2.24, 2.45) is 5.92 Å². The number of fused-ring (bicyclic) bond motifs is 1. The normalized spacial score (nSPS) is 21.5. The molecule has 0 amide bonds. The van der Waals surface area contributed by atoms with Crippen molar-refractivity contribution in [3.05, 3.63) is 41.6 Å². The van der Waals surface area contributed by atoms with E-state index in [9.17, 15) is 0 Å². The van der Waals surface area contributed by atoms with Gasteiger partial charge in [0.2, 0.25) is 0 Å². The summed E-state index contributed by atoms with van der Waals surface area (Å²) in [5, 5.41) is 4.79. The molecule has 5 nitrogen and oxygen atoms in total. The fraction of sp³-hybridized carbons (Fsp3) is 0.611. The van der Waals surface area contributed by atoms with Crippen molar-refractivity contribution in [2.75, 3.05) is 19.8 Å². The smallest absolute Gasteiger partial charge is 0.0947 e. The zero-order valence-electron chi connectivity index (χ0n) is 13.8. The van der Waals surface area contributed by atoms with E-state index in [2.05, 4.69) is 22.7 Å². The van der Waals surface area contributed by atoms with Crippen LogP contribution in [0.5, 0.6) is 0 Å². The second-order valence-electron chi connectivity index (χ2n) is 6.87. The molecule has 0 aromatic carbocycles. The third kappa shape index (κ3) is 3.51. The van der Waals surface area contributed by atoms with E-state index in [0.29, 0.717) is 5.92 Å². The van der Waals surface area contributed by atoms with E-state index in [1.54, 1.807) is 6.26 Å². The molecule has 2 aromatic heterocycles. The third-order valence-electron chi connectivity index (χ3n) is 4.81. The summed E-state index contributed by atoms with van der Waals surface area (Å²) in [6.07, 6.45) is 8.46. The van der Waals surface area contributed by atoms with E-state index in [4.69, 9.17) is 14.3 Å². The van der Waals surface area contributed by atoms with Gasteiger partial charge in [-0.05, 0) is 31.7 Å². The lowest BCUT2D eigenvalue weighted by molar-refractivity contribution is 0.0881. The highest BCUT2D eigenvalue weighted by atomic mass is 16.5.